The molecule has 6 aliphatic carbocycles. The van der Waals surface area contributed by atoms with Crippen LogP contribution in [0.5, 0.6) is 0 Å². The van der Waals surface area contributed by atoms with Crippen LogP contribution in [-0.4, -0.2) is 6.71 Å². The van der Waals surface area contributed by atoms with Crippen molar-refractivity contribution in [3.8, 4) is 11.1 Å². The van der Waals surface area contributed by atoms with E-state index < -0.39 is 0 Å². The van der Waals surface area contributed by atoms with Gasteiger partial charge in [-0.15, -0.1) is 0 Å². The van der Waals surface area contributed by atoms with Gasteiger partial charge in [0, 0.05) is 33.7 Å². The minimum Gasteiger partial charge on any atom is -0.468 e. The van der Waals surface area contributed by atoms with Crippen LogP contribution in [0.4, 0.5) is 34.1 Å². The van der Waals surface area contributed by atoms with Crippen LogP contribution in [0, 0.1) is 24.7 Å². The van der Waals surface area contributed by atoms with Gasteiger partial charge in [0.2, 0.25) is 0 Å². The van der Waals surface area contributed by atoms with Gasteiger partial charge in [0.1, 0.15) is 5.58 Å². The molecule has 7 aromatic rings. The van der Waals surface area contributed by atoms with Crippen LogP contribution in [0.3, 0.4) is 0 Å². The van der Waals surface area contributed by atoms with Gasteiger partial charge in [0.25, 0.3) is 6.71 Å². The summed E-state index contributed by atoms with van der Waals surface area (Å²) in [5.74, 6) is 2.48. The van der Waals surface area contributed by atoms with E-state index in [-0.39, 0.29) is 39.2 Å². The molecule has 0 radical (unpaired) electrons. The summed E-state index contributed by atoms with van der Waals surface area (Å²) < 4.78 is 7.76. The number of hydrogen-bond donors (Lipinski definition) is 0. The fourth-order valence-electron chi connectivity index (χ4n) is 16.7. The van der Waals surface area contributed by atoms with Crippen molar-refractivity contribution >= 4 is 68.4 Å². The van der Waals surface area contributed by atoms with Crippen LogP contribution in [0.15, 0.2) is 114 Å². The van der Waals surface area contributed by atoms with Gasteiger partial charge in [-0.25, -0.2) is 0 Å². The molecule has 2 aliphatic heterocycles. The predicted molar refractivity (Wildman–Crippen MR) is 310 cm³/mol. The number of benzene rings is 6. The topological polar surface area (TPSA) is 19.6 Å². The van der Waals surface area contributed by atoms with Crippen molar-refractivity contribution in [3.63, 3.8) is 0 Å². The lowest BCUT2D eigenvalue weighted by Crippen LogP contribution is -2.61. The Bertz CT molecular complexity index is 3430. The number of hydrogen-bond acceptors (Lipinski definition) is 3. The molecule has 4 saturated carbocycles. The molecule has 4 bridgehead atoms. The third kappa shape index (κ3) is 6.75. The Morgan fingerprint density at radius 2 is 1.12 bits per heavy atom. The maximum absolute atomic E-state index is 7.76. The highest BCUT2D eigenvalue weighted by Crippen LogP contribution is 2.63. The Kier molecular flexibility index (Phi) is 9.53. The summed E-state index contributed by atoms with van der Waals surface area (Å²) in [6, 6.07) is 44.2. The van der Waals surface area contributed by atoms with Crippen molar-refractivity contribution in [3.05, 3.63) is 148 Å². The van der Waals surface area contributed by atoms with Gasteiger partial charge in [0.15, 0.2) is 0 Å². The fraction of sp³-hybridized carbons (Fsp3) is 0.449. The number of aryl methyl sites for hydroxylation is 1. The predicted octanol–water partition coefficient (Wildman–Crippen LogP) is 17.0. The average Bonchev–Trinajstić information content (AvgIpc) is 3.72. The Labute approximate surface area is 437 Å². The maximum atomic E-state index is 7.76. The van der Waals surface area contributed by atoms with E-state index in [2.05, 4.69) is 202 Å². The summed E-state index contributed by atoms with van der Waals surface area (Å²) in [6.45, 7) is 29.1. The van der Waals surface area contributed by atoms with Crippen LogP contribution in [0.2, 0.25) is 0 Å². The normalized spacial score (nSPS) is 25.3. The summed E-state index contributed by atoms with van der Waals surface area (Å²) in [4.78, 5) is 5.47. The van der Waals surface area contributed by atoms with Gasteiger partial charge in [-0.2, -0.15) is 0 Å². The van der Waals surface area contributed by atoms with Crippen molar-refractivity contribution in [2.45, 2.75) is 180 Å². The van der Waals surface area contributed by atoms with Crippen molar-refractivity contribution in [2.75, 3.05) is 9.80 Å². The second-order valence-electron chi connectivity index (χ2n) is 28.6. The van der Waals surface area contributed by atoms with Crippen LogP contribution in [0.25, 0.3) is 22.1 Å². The van der Waals surface area contributed by atoms with Crippen molar-refractivity contribution < 1.29 is 4.42 Å². The Morgan fingerprint density at radius 3 is 1.75 bits per heavy atom. The molecule has 372 valence electrons. The quantitative estimate of drug-likeness (QED) is 0.164. The van der Waals surface area contributed by atoms with Gasteiger partial charge >= 0.3 is 0 Å². The zero-order chi connectivity index (χ0) is 50.5. The third-order valence-corrected chi connectivity index (χ3v) is 20.7. The van der Waals surface area contributed by atoms with Crippen LogP contribution < -0.4 is 26.4 Å². The highest BCUT2D eigenvalue weighted by molar-refractivity contribution is 7.00. The smallest absolute Gasteiger partial charge is 0.297 e. The minimum absolute atomic E-state index is 0.0117. The molecule has 0 saturated heterocycles. The Hall–Kier alpha value is -5.48. The zero-order valence-electron chi connectivity index (χ0n) is 46.1. The van der Waals surface area contributed by atoms with Gasteiger partial charge in [-0.05, 0) is 226 Å². The summed E-state index contributed by atoms with van der Waals surface area (Å²) in [5, 5.41) is 1.25. The van der Waals surface area contributed by atoms with Crippen LogP contribution in [0.1, 0.15) is 179 Å². The van der Waals surface area contributed by atoms with Gasteiger partial charge < -0.3 is 14.2 Å². The van der Waals surface area contributed by atoms with Gasteiger partial charge in [0.05, 0.1) is 17.0 Å². The lowest BCUT2D eigenvalue weighted by atomic mass is 9.35. The van der Waals surface area contributed by atoms with E-state index in [4.69, 9.17) is 4.42 Å². The minimum atomic E-state index is -0.0970. The van der Waals surface area contributed by atoms with E-state index in [0.29, 0.717) is 0 Å². The Balaban J connectivity index is 1.12. The van der Waals surface area contributed by atoms with Crippen molar-refractivity contribution in [1.82, 2.24) is 0 Å². The summed E-state index contributed by atoms with van der Waals surface area (Å²) >= 11 is 0. The molecule has 15 rings (SSSR count). The van der Waals surface area contributed by atoms with E-state index >= 15 is 0 Å². The molecular formula is C69H77BN2O. The molecular weight excluding hydrogens is 884 g/mol. The van der Waals surface area contributed by atoms with Crippen LogP contribution in [-0.2, 0) is 32.5 Å². The summed E-state index contributed by atoms with van der Waals surface area (Å²) in [5.41, 5.74) is 25.6. The van der Waals surface area contributed by atoms with E-state index in [1.165, 1.54) is 159 Å². The van der Waals surface area contributed by atoms with Crippen molar-refractivity contribution in [2.24, 2.45) is 17.8 Å². The zero-order valence-corrected chi connectivity index (χ0v) is 46.1. The molecule has 0 N–H and O–H groups in total. The second-order valence-corrected chi connectivity index (χ2v) is 28.6. The van der Waals surface area contributed by atoms with Gasteiger partial charge in [-0.3, -0.25) is 0 Å². The van der Waals surface area contributed by atoms with E-state index in [0.717, 1.165) is 29.0 Å². The largest absolute Gasteiger partial charge is 0.468 e. The first-order valence-corrected chi connectivity index (χ1v) is 28.4. The van der Waals surface area contributed by atoms with E-state index in [9.17, 15) is 0 Å². The first-order valence-electron chi connectivity index (χ1n) is 28.4. The molecule has 1 aromatic heterocycles. The number of fused-ring (bicyclic) bond motifs is 8. The molecule has 0 amide bonds. The van der Waals surface area contributed by atoms with E-state index in [1.54, 1.807) is 5.56 Å². The lowest BCUT2D eigenvalue weighted by Gasteiger charge is -2.57. The molecule has 0 atom stereocenters. The molecule has 0 unspecified atom stereocenters. The molecule has 6 aromatic carbocycles. The fourth-order valence-corrected chi connectivity index (χ4v) is 16.7. The third-order valence-electron chi connectivity index (χ3n) is 20.7. The second kappa shape index (κ2) is 15.1. The lowest BCUT2D eigenvalue weighted by molar-refractivity contribution is -0.00514. The first-order chi connectivity index (χ1) is 34.6. The SMILES string of the molecule is Cc1ccc2c(c1)B1c3oc4cc5c(cc4c3N(c3ccc4c(c3)C(C)(C)CCC4(C)C)c3cc(C46CC7CC(CC(C7)C4)C6)cc(c31)N2c1ccc(C(C)(C)C)cc1-c1ccccc1)C(C)(C)CCC5(C)C. The summed E-state index contributed by atoms with van der Waals surface area (Å²) in [7, 11) is 0. The molecule has 4 heteroatoms. The Morgan fingerprint density at radius 1 is 0.548 bits per heavy atom. The summed E-state index contributed by atoms with van der Waals surface area (Å²) in [6.07, 6.45) is 12.9. The first kappa shape index (κ1) is 46.1. The maximum Gasteiger partial charge on any atom is 0.297 e. The molecule has 73 heavy (non-hydrogen) atoms. The molecule has 0 spiro atoms. The molecule has 3 heterocycles. The molecule has 3 nitrogen and oxygen atoms in total. The number of rotatable bonds is 4. The average molecular weight is 961 g/mol. The van der Waals surface area contributed by atoms with Crippen LogP contribution >= 0.6 is 0 Å². The van der Waals surface area contributed by atoms with Gasteiger partial charge in [-0.1, -0.05) is 136 Å². The van der Waals surface area contributed by atoms with Crippen molar-refractivity contribution in [1.29, 1.82) is 0 Å². The highest BCUT2D eigenvalue weighted by Gasteiger charge is 2.54. The number of nitrogens with zero attached hydrogens (tertiary/aromatic N) is 2. The molecule has 8 aliphatic rings. The highest BCUT2D eigenvalue weighted by atomic mass is 16.3. The monoisotopic (exact) mass is 961 g/mol. The number of anilines is 6. The number of furan rings is 1. The standard InChI is InChI=1S/C69H77BN2O/c1-41-18-22-57-55(28-41)70-61-58(33-47(69-38-42-29-43(39-69)31-44(30-42)40-69)34-59(61)72(57)56-23-19-46(64(2,3)4)32-49(56)45-16-14-13-15-17-45)71(48-20-21-51-52(35-48)66(7,8)25-24-65(51,5)6)62-50-36-53-54(37-60(50)73-63(62)70)68(11,12)27-26-67(53,9)10/h13-23,28,32-37,42-44H,24-27,29-31,38-40H2,1-12H3. The molecule has 4 fully saturated rings. The van der Waals surface area contributed by atoms with E-state index in [1.807, 2.05) is 0 Å².